The summed E-state index contributed by atoms with van der Waals surface area (Å²) >= 11 is 7.23. The summed E-state index contributed by atoms with van der Waals surface area (Å²) in [5, 5.41) is 3.49. The number of rotatable bonds is 5. The first kappa shape index (κ1) is 14.2. The number of nitrogens with one attached hydrogen (secondary N) is 1. The number of halogens is 1. The normalized spacial score (nSPS) is 12.2. The highest BCUT2D eigenvalue weighted by Crippen LogP contribution is 2.16. The van der Waals surface area contributed by atoms with Gasteiger partial charge in [-0.1, -0.05) is 23.4 Å². The predicted octanol–water partition coefficient (Wildman–Crippen LogP) is 1.62. The van der Waals surface area contributed by atoms with Crippen LogP contribution in [-0.4, -0.2) is 41.9 Å². The molecule has 1 aromatic rings. The minimum absolute atomic E-state index is 0.101. The highest BCUT2D eigenvalue weighted by atomic mass is 35.5. The van der Waals surface area contributed by atoms with E-state index in [1.54, 1.807) is 7.11 Å². The monoisotopic (exact) mass is 275 g/mol. The van der Waals surface area contributed by atoms with E-state index in [4.69, 9.17) is 16.3 Å². The average molecular weight is 276 g/mol. The Kier molecular flexibility index (Phi) is 5.67. The second-order valence-electron chi connectivity index (χ2n) is 3.38. The molecule has 1 N–H and O–H groups in total. The lowest BCUT2D eigenvalue weighted by Crippen LogP contribution is -2.36. The molecule has 94 valence electrons. The fourth-order valence-electron chi connectivity index (χ4n) is 1.19. The van der Waals surface area contributed by atoms with Crippen LogP contribution in [0.25, 0.3) is 0 Å². The summed E-state index contributed by atoms with van der Waals surface area (Å²) in [5.41, 5.74) is 0.189. The molecule has 1 unspecified atom stereocenters. The van der Waals surface area contributed by atoms with E-state index in [2.05, 4.69) is 15.3 Å². The van der Waals surface area contributed by atoms with Gasteiger partial charge in [-0.15, -0.1) is 0 Å². The van der Waals surface area contributed by atoms with Crippen molar-refractivity contribution in [2.75, 3.05) is 20.0 Å². The standard InChI is InChI=1S/C10H14ClN3O2S/c1-6(5-16-2)13-9(15)8-7(11)4-12-10(14-8)17-3/h4,6H,5H2,1-3H3,(H,13,15). The Morgan fingerprint density at radius 3 is 3.00 bits per heavy atom. The van der Waals surface area contributed by atoms with Crippen LogP contribution in [0.15, 0.2) is 11.4 Å². The van der Waals surface area contributed by atoms with Crippen LogP contribution in [0.4, 0.5) is 0 Å². The number of carbonyl (C=O) groups excluding carboxylic acids is 1. The summed E-state index contributed by atoms with van der Waals surface area (Å²) in [4.78, 5) is 19.9. The number of carbonyl (C=O) groups is 1. The lowest BCUT2D eigenvalue weighted by atomic mass is 10.3. The highest BCUT2D eigenvalue weighted by Gasteiger charge is 2.15. The Hall–Kier alpha value is -0.850. The van der Waals surface area contributed by atoms with Crippen molar-refractivity contribution in [2.45, 2.75) is 18.1 Å². The van der Waals surface area contributed by atoms with E-state index < -0.39 is 0 Å². The van der Waals surface area contributed by atoms with Crippen LogP contribution in [0.2, 0.25) is 5.02 Å². The van der Waals surface area contributed by atoms with Crippen molar-refractivity contribution < 1.29 is 9.53 Å². The highest BCUT2D eigenvalue weighted by molar-refractivity contribution is 7.98. The number of ether oxygens (including phenoxy) is 1. The van der Waals surface area contributed by atoms with Crippen LogP contribution >= 0.6 is 23.4 Å². The Balaban J connectivity index is 2.80. The van der Waals surface area contributed by atoms with Crippen molar-refractivity contribution in [1.82, 2.24) is 15.3 Å². The molecule has 5 nitrogen and oxygen atoms in total. The van der Waals surface area contributed by atoms with Crippen molar-refractivity contribution in [3.8, 4) is 0 Å². The van der Waals surface area contributed by atoms with Crippen LogP contribution in [0.5, 0.6) is 0 Å². The molecule has 1 amide bonds. The average Bonchev–Trinajstić information content (AvgIpc) is 2.29. The van der Waals surface area contributed by atoms with E-state index in [-0.39, 0.29) is 22.7 Å². The van der Waals surface area contributed by atoms with Crippen molar-refractivity contribution in [1.29, 1.82) is 0 Å². The van der Waals surface area contributed by atoms with Gasteiger partial charge in [0.05, 0.1) is 17.8 Å². The molecule has 0 fully saturated rings. The van der Waals surface area contributed by atoms with Gasteiger partial charge in [0, 0.05) is 13.2 Å². The lowest BCUT2D eigenvalue weighted by Gasteiger charge is -2.12. The Labute approximate surface area is 109 Å². The molecule has 1 rings (SSSR count). The third-order valence-corrected chi connectivity index (χ3v) is 2.75. The van der Waals surface area contributed by atoms with Gasteiger partial charge in [-0.25, -0.2) is 9.97 Å². The topological polar surface area (TPSA) is 64.1 Å². The SMILES string of the molecule is COCC(C)NC(=O)c1nc(SC)ncc1Cl. The zero-order valence-corrected chi connectivity index (χ0v) is 11.4. The summed E-state index contributed by atoms with van der Waals surface area (Å²) in [6, 6.07) is -0.101. The van der Waals surface area contributed by atoms with Crippen molar-refractivity contribution in [2.24, 2.45) is 0 Å². The molecule has 0 saturated heterocycles. The van der Waals surface area contributed by atoms with E-state index in [1.165, 1.54) is 18.0 Å². The predicted molar refractivity (Wildman–Crippen MR) is 67.6 cm³/mol. The summed E-state index contributed by atoms with van der Waals surface area (Å²) in [5.74, 6) is -0.322. The molecule has 0 aliphatic carbocycles. The van der Waals surface area contributed by atoms with E-state index in [0.29, 0.717) is 11.8 Å². The first-order valence-electron chi connectivity index (χ1n) is 4.94. The number of methoxy groups -OCH3 is 1. The zero-order chi connectivity index (χ0) is 12.8. The van der Waals surface area contributed by atoms with Gasteiger partial charge in [-0.2, -0.15) is 0 Å². The van der Waals surface area contributed by atoms with Crippen LogP contribution < -0.4 is 5.32 Å². The van der Waals surface area contributed by atoms with E-state index in [0.717, 1.165) is 0 Å². The zero-order valence-electron chi connectivity index (χ0n) is 9.86. The first-order chi connectivity index (χ1) is 8.08. The second kappa shape index (κ2) is 6.78. The second-order valence-corrected chi connectivity index (χ2v) is 4.56. The molecule has 0 bridgehead atoms. The molecule has 0 aliphatic heterocycles. The molecule has 0 saturated carbocycles. The number of aromatic nitrogens is 2. The molecular weight excluding hydrogens is 262 g/mol. The maximum absolute atomic E-state index is 11.9. The minimum Gasteiger partial charge on any atom is -0.383 e. The molecule has 0 aliphatic rings. The smallest absolute Gasteiger partial charge is 0.271 e. The lowest BCUT2D eigenvalue weighted by molar-refractivity contribution is 0.0900. The van der Waals surface area contributed by atoms with Gasteiger partial charge in [-0.05, 0) is 13.2 Å². The fraction of sp³-hybridized carbons (Fsp3) is 0.500. The fourth-order valence-corrected chi connectivity index (χ4v) is 1.71. The van der Waals surface area contributed by atoms with Crippen molar-refractivity contribution in [3.05, 3.63) is 16.9 Å². The van der Waals surface area contributed by atoms with Gasteiger partial charge in [0.15, 0.2) is 10.9 Å². The molecule has 7 heteroatoms. The van der Waals surface area contributed by atoms with Crippen molar-refractivity contribution in [3.63, 3.8) is 0 Å². The van der Waals surface area contributed by atoms with Gasteiger partial charge in [0.25, 0.3) is 5.91 Å². The van der Waals surface area contributed by atoms with Crippen LogP contribution in [-0.2, 0) is 4.74 Å². The molecule has 1 aromatic heterocycles. The van der Waals surface area contributed by atoms with Gasteiger partial charge >= 0.3 is 0 Å². The van der Waals surface area contributed by atoms with Gasteiger partial charge in [0.2, 0.25) is 0 Å². The summed E-state index contributed by atoms with van der Waals surface area (Å²) in [7, 11) is 1.58. The van der Waals surface area contributed by atoms with Gasteiger partial charge < -0.3 is 10.1 Å². The third-order valence-electron chi connectivity index (χ3n) is 1.91. The molecule has 1 atom stereocenters. The van der Waals surface area contributed by atoms with E-state index >= 15 is 0 Å². The molecule has 17 heavy (non-hydrogen) atoms. The largest absolute Gasteiger partial charge is 0.383 e. The van der Waals surface area contributed by atoms with E-state index in [9.17, 15) is 4.79 Å². The van der Waals surface area contributed by atoms with Crippen molar-refractivity contribution >= 4 is 29.3 Å². The number of hydrogen-bond donors (Lipinski definition) is 1. The molecular formula is C10H14ClN3O2S. The summed E-state index contributed by atoms with van der Waals surface area (Å²) in [6.07, 6.45) is 3.26. The van der Waals surface area contributed by atoms with Gasteiger partial charge in [-0.3, -0.25) is 4.79 Å². The Morgan fingerprint density at radius 1 is 1.71 bits per heavy atom. The summed E-state index contributed by atoms with van der Waals surface area (Å²) in [6.45, 7) is 2.27. The van der Waals surface area contributed by atoms with Crippen LogP contribution in [0.3, 0.4) is 0 Å². The number of thioether (sulfide) groups is 1. The molecule has 0 spiro atoms. The quantitative estimate of drug-likeness (QED) is 0.653. The van der Waals surface area contributed by atoms with Crippen LogP contribution in [0, 0.1) is 0 Å². The first-order valence-corrected chi connectivity index (χ1v) is 6.55. The Morgan fingerprint density at radius 2 is 2.41 bits per heavy atom. The maximum atomic E-state index is 11.9. The van der Waals surface area contributed by atoms with Crippen LogP contribution in [0.1, 0.15) is 17.4 Å². The number of nitrogens with zero attached hydrogens (tertiary/aromatic N) is 2. The molecule has 0 aromatic carbocycles. The van der Waals surface area contributed by atoms with Gasteiger partial charge in [0.1, 0.15) is 0 Å². The maximum Gasteiger partial charge on any atom is 0.271 e. The number of amides is 1. The minimum atomic E-state index is -0.322. The number of hydrogen-bond acceptors (Lipinski definition) is 5. The van der Waals surface area contributed by atoms with E-state index in [1.807, 2.05) is 13.2 Å². The summed E-state index contributed by atoms with van der Waals surface area (Å²) < 4.78 is 4.93. The molecule has 0 radical (unpaired) electrons. The third kappa shape index (κ3) is 4.14. The Bertz CT molecular complexity index is 403. The molecule has 1 heterocycles.